The average Bonchev–Trinajstić information content (AvgIpc) is 2.66. The normalized spacial score (nSPS) is 9.74. The van der Waals surface area contributed by atoms with E-state index in [4.69, 9.17) is 4.74 Å². The van der Waals surface area contributed by atoms with Gasteiger partial charge in [0.15, 0.2) is 0 Å². The number of carbonyl (C=O) groups excluding carboxylic acids is 2. The highest BCUT2D eigenvalue weighted by Gasteiger charge is 2.11. The SMILES string of the molecule is C=C(C)C(=O)OCCNC(=O)On1c(O)ccc1O. The lowest BCUT2D eigenvalue weighted by Gasteiger charge is -2.08. The summed E-state index contributed by atoms with van der Waals surface area (Å²) in [5.74, 6) is -1.42. The van der Waals surface area contributed by atoms with Gasteiger partial charge in [-0.3, -0.25) is 0 Å². The van der Waals surface area contributed by atoms with E-state index < -0.39 is 23.8 Å². The van der Waals surface area contributed by atoms with E-state index in [-0.39, 0.29) is 18.7 Å². The number of aromatic nitrogens is 1. The van der Waals surface area contributed by atoms with Crippen LogP contribution in [0.5, 0.6) is 11.8 Å². The molecule has 8 heteroatoms. The number of hydrogen-bond donors (Lipinski definition) is 3. The van der Waals surface area contributed by atoms with Crippen LogP contribution in [0.25, 0.3) is 0 Å². The molecular weight excluding hydrogens is 256 g/mol. The van der Waals surface area contributed by atoms with E-state index >= 15 is 0 Å². The van der Waals surface area contributed by atoms with Gasteiger partial charge in [0.1, 0.15) is 6.61 Å². The highest BCUT2D eigenvalue weighted by molar-refractivity contribution is 5.86. The van der Waals surface area contributed by atoms with Crippen LogP contribution in [0, 0.1) is 0 Å². The van der Waals surface area contributed by atoms with E-state index in [0.717, 1.165) is 12.1 Å². The summed E-state index contributed by atoms with van der Waals surface area (Å²) in [6, 6.07) is 2.30. The summed E-state index contributed by atoms with van der Waals surface area (Å²) in [6.07, 6.45) is -0.923. The summed E-state index contributed by atoms with van der Waals surface area (Å²) in [5, 5.41) is 20.7. The molecule has 0 unspecified atom stereocenters. The summed E-state index contributed by atoms with van der Waals surface area (Å²) >= 11 is 0. The molecule has 0 aliphatic rings. The van der Waals surface area contributed by atoms with Crippen LogP contribution in [-0.4, -0.2) is 40.2 Å². The van der Waals surface area contributed by atoms with Crippen LogP contribution in [0.15, 0.2) is 24.3 Å². The third-order valence-corrected chi connectivity index (χ3v) is 1.92. The van der Waals surface area contributed by atoms with Gasteiger partial charge in [0.05, 0.1) is 6.54 Å². The molecule has 0 spiro atoms. The summed E-state index contributed by atoms with van der Waals surface area (Å²) in [7, 11) is 0. The number of aromatic hydroxyl groups is 2. The Hall–Kier alpha value is -2.64. The molecule has 0 atom stereocenters. The van der Waals surface area contributed by atoms with Crippen molar-refractivity contribution in [2.75, 3.05) is 13.2 Å². The van der Waals surface area contributed by atoms with Gasteiger partial charge in [0, 0.05) is 17.7 Å². The first-order valence-electron chi connectivity index (χ1n) is 5.30. The number of carbonyl (C=O) groups is 2. The monoisotopic (exact) mass is 270 g/mol. The zero-order valence-corrected chi connectivity index (χ0v) is 10.3. The van der Waals surface area contributed by atoms with Crippen LogP contribution in [0.2, 0.25) is 0 Å². The Morgan fingerprint density at radius 2 is 1.95 bits per heavy atom. The molecule has 0 saturated heterocycles. The maximum atomic E-state index is 11.3. The molecule has 19 heavy (non-hydrogen) atoms. The summed E-state index contributed by atoms with van der Waals surface area (Å²) in [5.41, 5.74) is 0.254. The van der Waals surface area contributed by atoms with Crippen molar-refractivity contribution in [2.24, 2.45) is 0 Å². The fraction of sp³-hybridized carbons (Fsp3) is 0.273. The molecule has 3 N–H and O–H groups in total. The third-order valence-electron chi connectivity index (χ3n) is 1.92. The molecule has 0 radical (unpaired) electrons. The van der Waals surface area contributed by atoms with Crippen molar-refractivity contribution in [2.45, 2.75) is 6.92 Å². The molecule has 0 fully saturated rings. The van der Waals surface area contributed by atoms with E-state index in [1.54, 1.807) is 0 Å². The van der Waals surface area contributed by atoms with Gasteiger partial charge in [0.25, 0.3) is 0 Å². The van der Waals surface area contributed by atoms with Crippen molar-refractivity contribution >= 4 is 12.1 Å². The predicted octanol–water partition coefficient (Wildman–Crippen LogP) is 0.157. The molecule has 104 valence electrons. The minimum Gasteiger partial charge on any atom is -0.492 e. The van der Waals surface area contributed by atoms with Crippen molar-refractivity contribution in [3.8, 4) is 11.8 Å². The average molecular weight is 270 g/mol. The second kappa shape index (κ2) is 6.34. The quantitative estimate of drug-likeness (QED) is 0.399. The van der Waals surface area contributed by atoms with Crippen molar-refractivity contribution in [3.05, 3.63) is 24.3 Å². The zero-order valence-electron chi connectivity index (χ0n) is 10.3. The molecule has 0 aromatic carbocycles. The Labute approximate surface area is 108 Å². The summed E-state index contributed by atoms with van der Waals surface area (Å²) in [4.78, 5) is 26.8. The molecular formula is C11H14N2O6. The van der Waals surface area contributed by atoms with Gasteiger partial charge in [-0.1, -0.05) is 6.58 Å². The Morgan fingerprint density at radius 1 is 1.37 bits per heavy atom. The lowest BCUT2D eigenvalue weighted by molar-refractivity contribution is -0.138. The first kappa shape index (κ1) is 14.4. The van der Waals surface area contributed by atoms with Gasteiger partial charge in [0.2, 0.25) is 11.8 Å². The second-order valence-electron chi connectivity index (χ2n) is 3.57. The first-order valence-corrected chi connectivity index (χ1v) is 5.30. The molecule has 1 heterocycles. The number of esters is 1. The third kappa shape index (κ3) is 4.26. The Balaban J connectivity index is 2.29. The summed E-state index contributed by atoms with van der Waals surface area (Å²) in [6.45, 7) is 4.86. The van der Waals surface area contributed by atoms with Crippen LogP contribution in [0.4, 0.5) is 4.79 Å². The van der Waals surface area contributed by atoms with Crippen molar-refractivity contribution < 1.29 is 29.4 Å². The molecule has 1 aromatic heterocycles. The van der Waals surface area contributed by atoms with Gasteiger partial charge in [-0.25, -0.2) is 9.59 Å². The van der Waals surface area contributed by atoms with E-state index in [9.17, 15) is 19.8 Å². The molecule has 1 aromatic rings. The maximum absolute atomic E-state index is 11.3. The van der Waals surface area contributed by atoms with Gasteiger partial charge < -0.3 is 25.1 Å². The highest BCUT2D eigenvalue weighted by Crippen LogP contribution is 2.18. The van der Waals surface area contributed by atoms with Crippen molar-refractivity contribution in [1.29, 1.82) is 0 Å². The molecule has 0 saturated carbocycles. The number of rotatable bonds is 5. The van der Waals surface area contributed by atoms with E-state index in [2.05, 4.69) is 16.7 Å². The van der Waals surface area contributed by atoms with Crippen LogP contribution >= 0.6 is 0 Å². The van der Waals surface area contributed by atoms with Crippen LogP contribution in [0.3, 0.4) is 0 Å². The molecule has 1 amide bonds. The Kier molecular flexibility index (Phi) is 4.81. The predicted molar refractivity (Wildman–Crippen MR) is 63.5 cm³/mol. The highest BCUT2D eigenvalue weighted by atomic mass is 16.7. The second-order valence-corrected chi connectivity index (χ2v) is 3.57. The topological polar surface area (TPSA) is 110 Å². The van der Waals surface area contributed by atoms with Gasteiger partial charge in [-0.15, -0.1) is 4.73 Å². The number of nitrogens with one attached hydrogen (secondary N) is 1. The summed E-state index contributed by atoms with van der Waals surface area (Å²) < 4.78 is 5.26. The Morgan fingerprint density at radius 3 is 2.47 bits per heavy atom. The van der Waals surface area contributed by atoms with Gasteiger partial charge in [-0.2, -0.15) is 0 Å². The molecule has 1 rings (SSSR count). The number of ether oxygens (including phenoxy) is 1. The Bertz CT molecular complexity index is 474. The molecule has 8 nitrogen and oxygen atoms in total. The van der Waals surface area contributed by atoms with E-state index in [1.807, 2.05) is 0 Å². The minimum absolute atomic E-state index is 0.0145. The number of hydrogen-bond acceptors (Lipinski definition) is 6. The smallest absolute Gasteiger partial charge is 0.432 e. The van der Waals surface area contributed by atoms with Crippen molar-refractivity contribution in [3.63, 3.8) is 0 Å². The molecule has 0 bridgehead atoms. The minimum atomic E-state index is -0.923. The number of amides is 1. The fourth-order valence-corrected chi connectivity index (χ4v) is 1.03. The molecule has 0 aliphatic heterocycles. The standard InChI is InChI=1S/C11H14N2O6/c1-7(2)10(16)18-6-5-12-11(17)19-13-8(14)3-4-9(13)15/h3-4,14-15H,1,5-6H2,2H3,(H,12,17). The lowest BCUT2D eigenvalue weighted by atomic mass is 10.4. The first-order chi connectivity index (χ1) is 8.91. The zero-order chi connectivity index (χ0) is 14.4. The van der Waals surface area contributed by atoms with Crippen molar-refractivity contribution in [1.82, 2.24) is 10.0 Å². The van der Waals surface area contributed by atoms with E-state index in [0.29, 0.717) is 4.73 Å². The lowest BCUT2D eigenvalue weighted by Crippen LogP contribution is -2.34. The van der Waals surface area contributed by atoms with Crippen LogP contribution in [0.1, 0.15) is 6.92 Å². The fourth-order valence-electron chi connectivity index (χ4n) is 1.03. The van der Waals surface area contributed by atoms with Gasteiger partial charge >= 0.3 is 12.1 Å². The molecule has 0 aliphatic carbocycles. The van der Waals surface area contributed by atoms with Crippen LogP contribution in [-0.2, 0) is 9.53 Å². The number of nitrogens with zero attached hydrogens (tertiary/aromatic N) is 1. The van der Waals surface area contributed by atoms with E-state index in [1.165, 1.54) is 6.92 Å². The van der Waals surface area contributed by atoms with Crippen LogP contribution < -0.4 is 10.2 Å². The van der Waals surface area contributed by atoms with Gasteiger partial charge in [-0.05, 0) is 6.92 Å². The maximum Gasteiger partial charge on any atom is 0.432 e. The largest absolute Gasteiger partial charge is 0.492 e.